The smallest absolute Gasteiger partial charge is 0.332 e. The molecule has 5 rings (SSSR count). The van der Waals surface area contributed by atoms with E-state index in [4.69, 9.17) is 4.74 Å². The number of aryl methyl sites for hydroxylation is 2. The number of benzene rings is 1. The molecular formula is C28H31FN6O4. The van der Waals surface area contributed by atoms with Crippen LogP contribution in [0.1, 0.15) is 33.1 Å². The van der Waals surface area contributed by atoms with Crippen molar-refractivity contribution in [1.82, 2.24) is 23.7 Å². The van der Waals surface area contributed by atoms with Crippen molar-refractivity contribution in [3.05, 3.63) is 69.3 Å². The zero-order chi connectivity index (χ0) is 27.7. The van der Waals surface area contributed by atoms with Gasteiger partial charge in [0.2, 0.25) is 11.8 Å². The maximum atomic E-state index is 13.6. The van der Waals surface area contributed by atoms with Crippen LogP contribution in [0.5, 0.6) is 5.88 Å². The summed E-state index contributed by atoms with van der Waals surface area (Å²) in [5, 5.41) is 0. The molecule has 1 fully saturated rings. The van der Waals surface area contributed by atoms with Crippen molar-refractivity contribution in [2.75, 3.05) is 18.1 Å². The third-order valence-corrected chi connectivity index (χ3v) is 6.92. The van der Waals surface area contributed by atoms with E-state index in [1.54, 1.807) is 51.5 Å². The van der Waals surface area contributed by atoms with Gasteiger partial charge in [-0.2, -0.15) is 0 Å². The Morgan fingerprint density at radius 3 is 2.51 bits per heavy atom. The molecule has 0 radical (unpaired) electrons. The predicted octanol–water partition coefficient (Wildman–Crippen LogP) is 3.35. The minimum absolute atomic E-state index is 0.0531. The van der Waals surface area contributed by atoms with Gasteiger partial charge in [-0.15, -0.1) is 0 Å². The molecule has 1 amide bonds. The molecular weight excluding hydrogens is 503 g/mol. The largest absolute Gasteiger partial charge is 0.477 e. The number of hydrogen-bond acceptors (Lipinski definition) is 6. The molecule has 0 saturated carbocycles. The molecule has 10 nitrogen and oxygen atoms in total. The van der Waals surface area contributed by atoms with Crippen molar-refractivity contribution >= 4 is 22.8 Å². The maximum Gasteiger partial charge on any atom is 0.332 e. The Balaban J connectivity index is 1.35. The van der Waals surface area contributed by atoms with Gasteiger partial charge < -0.3 is 14.2 Å². The fraction of sp³-hybridized carbons (Fsp3) is 0.393. The second-order valence-corrected chi connectivity index (χ2v) is 9.81. The second kappa shape index (κ2) is 10.8. The molecule has 1 atom stereocenters. The van der Waals surface area contributed by atoms with Crippen molar-refractivity contribution < 1.29 is 13.9 Å². The highest BCUT2D eigenvalue weighted by molar-refractivity contribution is 5.95. The van der Waals surface area contributed by atoms with Crippen LogP contribution < -0.4 is 20.9 Å². The lowest BCUT2D eigenvalue weighted by atomic mass is 10.1. The number of carbonyl (C=O) groups excluding carboxylic acids is 1. The van der Waals surface area contributed by atoms with E-state index in [1.807, 2.05) is 13.8 Å². The van der Waals surface area contributed by atoms with E-state index < -0.39 is 0 Å². The number of nitrogens with zero attached hydrogens (tertiary/aromatic N) is 6. The number of fused-ring (bicyclic) bond motifs is 1. The molecule has 39 heavy (non-hydrogen) atoms. The Morgan fingerprint density at radius 1 is 1.05 bits per heavy atom. The molecule has 0 aliphatic carbocycles. The SMILES string of the molecule is CCCn1c(=O)c2c(nc(-c3ccc(OCC4CC(=O)N(c5cccc(F)c5)C4)nc3)n2C)n(CCC)c1=O. The van der Waals surface area contributed by atoms with Gasteiger partial charge in [0.15, 0.2) is 11.2 Å². The van der Waals surface area contributed by atoms with Crippen molar-refractivity contribution in [1.29, 1.82) is 0 Å². The lowest BCUT2D eigenvalue weighted by Crippen LogP contribution is -2.40. The summed E-state index contributed by atoms with van der Waals surface area (Å²) < 4.78 is 24.0. The fourth-order valence-corrected chi connectivity index (χ4v) is 5.05. The van der Waals surface area contributed by atoms with E-state index in [0.717, 1.165) is 6.42 Å². The number of anilines is 1. The summed E-state index contributed by atoms with van der Waals surface area (Å²) in [5.74, 6) is 0.404. The zero-order valence-corrected chi connectivity index (χ0v) is 22.3. The number of carbonyl (C=O) groups is 1. The normalized spacial score (nSPS) is 15.4. The number of rotatable bonds is 9. The van der Waals surface area contributed by atoms with E-state index in [2.05, 4.69) is 9.97 Å². The predicted molar refractivity (Wildman–Crippen MR) is 145 cm³/mol. The molecule has 1 saturated heterocycles. The molecule has 0 N–H and O–H groups in total. The van der Waals surface area contributed by atoms with Crippen LogP contribution in [-0.2, 0) is 24.9 Å². The third kappa shape index (κ3) is 4.96. The maximum absolute atomic E-state index is 13.6. The van der Waals surface area contributed by atoms with Crippen LogP contribution in [0.15, 0.2) is 52.2 Å². The van der Waals surface area contributed by atoms with Crippen molar-refractivity contribution in [3.63, 3.8) is 0 Å². The molecule has 1 unspecified atom stereocenters. The highest BCUT2D eigenvalue weighted by atomic mass is 19.1. The third-order valence-electron chi connectivity index (χ3n) is 6.92. The average Bonchev–Trinajstić information content (AvgIpc) is 3.47. The van der Waals surface area contributed by atoms with Crippen LogP contribution in [0.4, 0.5) is 10.1 Å². The lowest BCUT2D eigenvalue weighted by molar-refractivity contribution is -0.117. The molecule has 0 spiro atoms. The first kappa shape index (κ1) is 26.3. The van der Waals surface area contributed by atoms with Gasteiger partial charge in [0, 0.05) is 62.5 Å². The first-order chi connectivity index (χ1) is 18.8. The zero-order valence-electron chi connectivity index (χ0n) is 22.3. The summed E-state index contributed by atoms with van der Waals surface area (Å²) in [6.45, 7) is 5.43. The quantitative estimate of drug-likeness (QED) is 0.326. The topological polar surface area (TPSA) is 104 Å². The Labute approximate surface area is 224 Å². The Hall–Kier alpha value is -4.28. The van der Waals surface area contributed by atoms with E-state index in [1.165, 1.54) is 16.7 Å². The van der Waals surface area contributed by atoms with Crippen molar-refractivity contribution in [2.45, 2.75) is 46.2 Å². The monoisotopic (exact) mass is 534 g/mol. The summed E-state index contributed by atoms with van der Waals surface area (Å²) in [7, 11) is 1.76. The van der Waals surface area contributed by atoms with Crippen LogP contribution >= 0.6 is 0 Å². The summed E-state index contributed by atoms with van der Waals surface area (Å²) in [6.07, 6.45) is 3.32. The first-order valence-corrected chi connectivity index (χ1v) is 13.2. The molecule has 1 aliphatic heterocycles. The number of imidazole rings is 1. The number of aromatic nitrogens is 5. The first-order valence-electron chi connectivity index (χ1n) is 13.2. The van der Waals surface area contributed by atoms with E-state index in [-0.39, 0.29) is 35.5 Å². The van der Waals surface area contributed by atoms with Crippen LogP contribution in [0.25, 0.3) is 22.6 Å². The van der Waals surface area contributed by atoms with Gasteiger partial charge in [-0.3, -0.25) is 18.7 Å². The van der Waals surface area contributed by atoms with E-state index in [9.17, 15) is 18.8 Å². The van der Waals surface area contributed by atoms with Gasteiger partial charge in [0.25, 0.3) is 5.56 Å². The molecule has 0 bridgehead atoms. The van der Waals surface area contributed by atoms with Gasteiger partial charge in [-0.05, 0) is 37.1 Å². The summed E-state index contributed by atoms with van der Waals surface area (Å²) >= 11 is 0. The molecule has 3 aromatic heterocycles. The molecule has 204 valence electrons. The molecule has 1 aliphatic rings. The molecule has 11 heteroatoms. The minimum Gasteiger partial charge on any atom is -0.477 e. The van der Waals surface area contributed by atoms with Crippen molar-refractivity contribution in [3.8, 4) is 17.3 Å². The van der Waals surface area contributed by atoms with Gasteiger partial charge in [0.1, 0.15) is 11.6 Å². The number of ether oxygens (including phenoxy) is 1. The number of amides is 1. The molecule has 4 aromatic rings. The van der Waals surface area contributed by atoms with Crippen LogP contribution in [-0.4, -0.2) is 42.7 Å². The number of hydrogen-bond donors (Lipinski definition) is 0. The Kier molecular flexibility index (Phi) is 7.32. The van der Waals surface area contributed by atoms with Crippen LogP contribution in [0, 0.1) is 11.7 Å². The van der Waals surface area contributed by atoms with E-state index in [0.29, 0.717) is 66.6 Å². The van der Waals surface area contributed by atoms with Gasteiger partial charge in [-0.1, -0.05) is 19.9 Å². The fourth-order valence-electron chi connectivity index (χ4n) is 5.05. The van der Waals surface area contributed by atoms with Crippen LogP contribution in [0.3, 0.4) is 0 Å². The lowest BCUT2D eigenvalue weighted by Gasteiger charge is -2.17. The Bertz CT molecular complexity index is 1640. The minimum atomic E-state index is -0.384. The summed E-state index contributed by atoms with van der Waals surface area (Å²) in [5.41, 5.74) is 1.26. The van der Waals surface area contributed by atoms with Gasteiger partial charge in [-0.25, -0.2) is 19.2 Å². The van der Waals surface area contributed by atoms with Crippen molar-refractivity contribution in [2.24, 2.45) is 13.0 Å². The second-order valence-electron chi connectivity index (χ2n) is 9.81. The number of halogens is 1. The highest BCUT2D eigenvalue weighted by Gasteiger charge is 2.31. The molecule has 4 heterocycles. The summed E-state index contributed by atoms with van der Waals surface area (Å²) in [4.78, 5) is 49.3. The Morgan fingerprint density at radius 2 is 1.82 bits per heavy atom. The van der Waals surface area contributed by atoms with E-state index >= 15 is 0 Å². The molecule has 1 aromatic carbocycles. The standard InChI is InChI=1S/C28H31FN6O4/c1-4-11-33-26-24(27(37)34(12-5-2)28(33)38)32(3)25(31-26)19-9-10-22(30-15-19)39-17-18-13-23(36)35(16-18)21-8-6-7-20(29)14-21/h6-10,14-15,18H,4-5,11-13,16-17H2,1-3H3. The van der Waals surface area contributed by atoms with Gasteiger partial charge in [0.05, 0.1) is 6.61 Å². The summed E-state index contributed by atoms with van der Waals surface area (Å²) in [6, 6.07) is 9.51. The highest BCUT2D eigenvalue weighted by Crippen LogP contribution is 2.27. The van der Waals surface area contributed by atoms with Crippen LogP contribution in [0.2, 0.25) is 0 Å². The number of pyridine rings is 1. The average molecular weight is 535 g/mol. The van der Waals surface area contributed by atoms with Gasteiger partial charge >= 0.3 is 5.69 Å².